The fraction of sp³-hybridized carbons (Fsp3) is 0.333. The average molecular weight is 571 g/mol. The molecule has 0 amide bonds. The number of aryl methyl sites for hydroxylation is 1. The maximum atomic E-state index is 6.02. The molecule has 0 aliphatic carbocycles. The second-order valence-corrected chi connectivity index (χ2v) is 10.4. The van der Waals surface area contributed by atoms with E-state index < -0.39 is 0 Å². The lowest BCUT2D eigenvalue weighted by molar-refractivity contribution is 0.384. The molecule has 0 radical (unpaired) electrons. The van der Waals surface area contributed by atoms with Gasteiger partial charge in [-0.05, 0) is 71.5 Å². The average Bonchev–Trinajstić information content (AvgIpc) is 3.04. The second kappa shape index (κ2) is 13.6. The Morgan fingerprint density at radius 2 is 0.929 bits per heavy atom. The molecule has 0 spiro atoms. The minimum Gasteiger partial charge on any atom is -0.497 e. The Labute approximate surface area is 250 Å². The van der Waals surface area contributed by atoms with Crippen LogP contribution < -0.4 is 28.4 Å². The monoisotopic (exact) mass is 570 g/mol. The van der Waals surface area contributed by atoms with Gasteiger partial charge in [0.25, 0.3) is 0 Å². The van der Waals surface area contributed by atoms with Crippen molar-refractivity contribution in [2.75, 3.05) is 42.7 Å². The topological polar surface area (TPSA) is 55.4 Å². The van der Waals surface area contributed by atoms with Crippen molar-refractivity contribution in [3.05, 3.63) is 106 Å². The maximum absolute atomic E-state index is 6.02. The normalized spacial score (nSPS) is 13.1. The molecule has 0 saturated carbocycles. The molecule has 0 saturated heterocycles. The molecular formula is C36H42O6. The summed E-state index contributed by atoms with van der Waals surface area (Å²) >= 11 is 0. The zero-order valence-corrected chi connectivity index (χ0v) is 26.1. The van der Waals surface area contributed by atoms with Gasteiger partial charge in [0.15, 0.2) is 0 Å². The lowest BCUT2D eigenvalue weighted by Crippen LogP contribution is -2.16. The van der Waals surface area contributed by atoms with E-state index in [0.29, 0.717) is 0 Å². The highest BCUT2D eigenvalue weighted by Crippen LogP contribution is 2.49. The van der Waals surface area contributed by atoms with Crippen LogP contribution in [0, 0.1) is 6.92 Å². The molecule has 3 atom stereocenters. The Morgan fingerprint density at radius 1 is 0.476 bits per heavy atom. The quantitative estimate of drug-likeness (QED) is 0.171. The molecule has 0 aliphatic heterocycles. The molecule has 6 heteroatoms. The summed E-state index contributed by atoms with van der Waals surface area (Å²) in [6.45, 7) is 6.58. The maximum Gasteiger partial charge on any atom is 0.126 e. The summed E-state index contributed by atoms with van der Waals surface area (Å²) < 4.78 is 34.3. The fourth-order valence-corrected chi connectivity index (χ4v) is 5.92. The van der Waals surface area contributed by atoms with Crippen LogP contribution in [0.3, 0.4) is 0 Å². The van der Waals surface area contributed by atoms with E-state index in [9.17, 15) is 0 Å². The van der Waals surface area contributed by atoms with Gasteiger partial charge in [-0.1, -0.05) is 38.1 Å². The van der Waals surface area contributed by atoms with Gasteiger partial charge in [0.2, 0.25) is 0 Å². The van der Waals surface area contributed by atoms with Crippen LogP contribution in [0.2, 0.25) is 0 Å². The molecule has 4 rings (SSSR count). The van der Waals surface area contributed by atoms with E-state index in [1.807, 2.05) is 36.4 Å². The van der Waals surface area contributed by atoms with Crippen LogP contribution >= 0.6 is 0 Å². The first-order valence-corrected chi connectivity index (χ1v) is 14.1. The van der Waals surface area contributed by atoms with Crippen LogP contribution in [0.4, 0.5) is 0 Å². The summed E-state index contributed by atoms with van der Waals surface area (Å²) in [7, 11) is 10.1. The number of methoxy groups -OCH3 is 6. The van der Waals surface area contributed by atoms with Gasteiger partial charge in [-0.15, -0.1) is 0 Å². The molecule has 0 aliphatic rings. The first-order valence-electron chi connectivity index (χ1n) is 14.1. The van der Waals surface area contributed by atoms with Gasteiger partial charge >= 0.3 is 0 Å². The third kappa shape index (κ3) is 6.13. The van der Waals surface area contributed by atoms with Crippen LogP contribution in [0.5, 0.6) is 34.5 Å². The molecular weight excluding hydrogens is 528 g/mol. The van der Waals surface area contributed by atoms with Crippen molar-refractivity contribution < 1.29 is 28.4 Å². The summed E-state index contributed by atoms with van der Waals surface area (Å²) in [5.74, 6) is 4.63. The van der Waals surface area contributed by atoms with Crippen molar-refractivity contribution in [2.24, 2.45) is 0 Å². The van der Waals surface area contributed by atoms with Crippen molar-refractivity contribution >= 4 is 0 Å². The Hall–Kier alpha value is -4.32. The zero-order chi connectivity index (χ0) is 30.4. The van der Waals surface area contributed by atoms with E-state index >= 15 is 0 Å². The van der Waals surface area contributed by atoms with Crippen molar-refractivity contribution in [2.45, 2.75) is 38.5 Å². The molecule has 0 aromatic heterocycles. The molecule has 0 fully saturated rings. The van der Waals surface area contributed by atoms with Gasteiger partial charge in [-0.3, -0.25) is 0 Å². The fourth-order valence-electron chi connectivity index (χ4n) is 5.92. The number of benzene rings is 4. The van der Waals surface area contributed by atoms with Crippen molar-refractivity contribution in [1.29, 1.82) is 0 Å². The van der Waals surface area contributed by atoms with Crippen LogP contribution in [-0.4, -0.2) is 42.7 Å². The lowest BCUT2D eigenvalue weighted by atomic mass is 9.73. The zero-order valence-electron chi connectivity index (χ0n) is 26.1. The Morgan fingerprint density at radius 3 is 1.40 bits per heavy atom. The minimum atomic E-state index is -0.0737. The molecule has 4 aromatic rings. The number of hydrogen-bond acceptors (Lipinski definition) is 6. The van der Waals surface area contributed by atoms with Crippen molar-refractivity contribution in [3.8, 4) is 34.5 Å². The van der Waals surface area contributed by atoms with E-state index in [-0.39, 0.29) is 17.8 Å². The van der Waals surface area contributed by atoms with Gasteiger partial charge < -0.3 is 28.4 Å². The summed E-state index contributed by atoms with van der Waals surface area (Å²) in [6, 6.07) is 24.6. The molecule has 6 nitrogen and oxygen atoms in total. The third-order valence-electron chi connectivity index (χ3n) is 8.21. The summed E-state index contributed by atoms with van der Waals surface area (Å²) in [5, 5.41) is 0. The van der Waals surface area contributed by atoms with Gasteiger partial charge in [0.05, 0.1) is 42.7 Å². The van der Waals surface area contributed by atoms with Crippen LogP contribution in [0.15, 0.2) is 72.8 Å². The first-order chi connectivity index (χ1) is 20.3. The highest BCUT2D eigenvalue weighted by Gasteiger charge is 2.32. The Balaban J connectivity index is 1.99. The van der Waals surface area contributed by atoms with E-state index in [4.69, 9.17) is 28.4 Å². The third-order valence-corrected chi connectivity index (χ3v) is 8.21. The highest BCUT2D eigenvalue weighted by molar-refractivity contribution is 5.57. The van der Waals surface area contributed by atoms with E-state index in [1.165, 1.54) is 0 Å². The first kappa shape index (κ1) is 30.6. The number of hydrogen-bond donors (Lipinski definition) is 0. The highest BCUT2D eigenvalue weighted by atomic mass is 16.5. The number of ether oxygens (including phenoxy) is 6. The van der Waals surface area contributed by atoms with E-state index in [0.717, 1.165) is 67.9 Å². The molecule has 222 valence electrons. The largest absolute Gasteiger partial charge is 0.497 e. The molecule has 0 N–H and O–H groups in total. The molecule has 42 heavy (non-hydrogen) atoms. The Bertz CT molecular complexity index is 1480. The van der Waals surface area contributed by atoms with Crippen LogP contribution in [0.25, 0.3) is 0 Å². The summed E-state index contributed by atoms with van der Waals surface area (Å²) in [6.07, 6.45) is 0. The molecule has 0 heterocycles. The standard InChI is InChI=1S/C36H42O6/c1-22-18-29(39-6)20-32(41-8)34(22)35(26-12-16-28(38-5)17-13-26)24(3)31-19-30(40-7)21-33(42-9)36(31)23(2)25-10-14-27(37-4)15-11-25/h10-21,23-24,35H,1-9H3/t23-,24+,35-/m1/s1. The van der Waals surface area contributed by atoms with Crippen molar-refractivity contribution in [3.63, 3.8) is 0 Å². The van der Waals surface area contributed by atoms with E-state index in [1.54, 1.807) is 42.7 Å². The van der Waals surface area contributed by atoms with Crippen LogP contribution in [0.1, 0.15) is 65.0 Å². The van der Waals surface area contributed by atoms with E-state index in [2.05, 4.69) is 57.2 Å². The van der Waals surface area contributed by atoms with Gasteiger partial charge in [0.1, 0.15) is 34.5 Å². The van der Waals surface area contributed by atoms with Crippen molar-refractivity contribution in [1.82, 2.24) is 0 Å². The predicted octanol–water partition coefficient (Wildman–Crippen LogP) is 8.13. The van der Waals surface area contributed by atoms with Crippen LogP contribution in [-0.2, 0) is 0 Å². The lowest BCUT2D eigenvalue weighted by Gasteiger charge is -2.32. The Kier molecular flexibility index (Phi) is 9.89. The number of rotatable bonds is 12. The summed E-state index contributed by atoms with van der Waals surface area (Å²) in [5.41, 5.74) is 6.72. The summed E-state index contributed by atoms with van der Waals surface area (Å²) in [4.78, 5) is 0. The smallest absolute Gasteiger partial charge is 0.126 e. The van der Waals surface area contributed by atoms with Gasteiger partial charge in [-0.2, -0.15) is 0 Å². The second-order valence-electron chi connectivity index (χ2n) is 10.4. The molecule has 4 aromatic carbocycles. The molecule has 0 bridgehead atoms. The predicted molar refractivity (Wildman–Crippen MR) is 168 cm³/mol. The molecule has 0 unspecified atom stereocenters. The van der Waals surface area contributed by atoms with Gasteiger partial charge in [-0.25, -0.2) is 0 Å². The van der Waals surface area contributed by atoms with Gasteiger partial charge in [0, 0.05) is 35.1 Å². The minimum absolute atomic E-state index is 0.0147. The SMILES string of the molecule is COc1ccc([C@@H](C)c2c(OC)cc(OC)cc2[C@H](C)[C@H](c2ccc(OC)cc2)c2c(C)cc(OC)cc2OC)cc1.